The molecule has 0 saturated heterocycles. The van der Waals surface area contributed by atoms with Gasteiger partial charge < -0.3 is 15.2 Å². The molecule has 226 valence electrons. The lowest BCUT2D eigenvalue weighted by Gasteiger charge is -2.15. The van der Waals surface area contributed by atoms with Gasteiger partial charge in [0.1, 0.15) is 17.3 Å². The molecule has 11 heteroatoms. The van der Waals surface area contributed by atoms with Crippen LogP contribution in [-0.4, -0.2) is 40.4 Å². The van der Waals surface area contributed by atoms with Crippen molar-refractivity contribution in [2.75, 3.05) is 13.7 Å². The molecule has 0 unspecified atom stereocenters. The van der Waals surface area contributed by atoms with Crippen molar-refractivity contribution in [3.63, 3.8) is 0 Å². The van der Waals surface area contributed by atoms with Gasteiger partial charge in [-0.15, -0.1) is 0 Å². The first-order valence-corrected chi connectivity index (χ1v) is 13.6. The number of aliphatic carboxylic acids is 1. The molecule has 5 rings (SSSR count). The number of aromatic nitrogens is 2. The van der Waals surface area contributed by atoms with Crippen molar-refractivity contribution < 1.29 is 37.0 Å². The van der Waals surface area contributed by atoms with Crippen molar-refractivity contribution in [3.8, 4) is 28.1 Å². The summed E-state index contributed by atoms with van der Waals surface area (Å²) in [5.74, 6) is -1.80. The predicted octanol–water partition coefficient (Wildman–Crippen LogP) is 7.35. The minimum Gasteiger partial charge on any atom is -0.497 e. The number of halogens is 4. The number of fused-ring (bicyclic) bond motifs is 1. The summed E-state index contributed by atoms with van der Waals surface area (Å²) in [5, 5.41) is 16.4. The van der Waals surface area contributed by atoms with Gasteiger partial charge in [0.05, 0.1) is 30.7 Å². The average molecular weight is 606 g/mol. The summed E-state index contributed by atoms with van der Waals surface area (Å²) in [4.78, 5) is 23.1. The Labute approximate surface area is 249 Å². The van der Waals surface area contributed by atoms with E-state index in [-0.39, 0.29) is 24.2 Å². The zero-order valence-electron chi connectivity index (χ0n) is 23.7. The summed E-state index contributed by atoms with van der Waals surface area (Å²) in [6.07, 6.45) is -5.03. The average Bonchev–Trinajstić information content (AvgIpc) is 3.39. The van der Waals surface area contributed by atoms with Crippen LogP contribution in [-0.2, 0) is 11.0 Å². The van der Waals surface area contributed by atoms with E-state index >= 15 is 0 Å². The number of carboxylic acids is 1. The molecule has 44 heavy (non-hydrogen) atoms. The second kappa shape index (κ2) is 12.2. The van der Waals surface area contributed by atoms with Crippen LogP contribution in [0.25, 0.3) is 33.3 Å². The summed E-state index contributed by atoms with van der Waals surface area (Å²) in [5.41, 5.74) is 1.90. The number of benzene rings is 4. The van der Waals surface area contributed by atoms with Gasteiger partial charge in [0.2, 0.25) is 0 Å². The monoisotopic (exact) mass is 605 g/mol. The van der Waals surface area contributed by atoms with Crippen LogP contribution >= 0.6 is 0 Å². The van der Waals surface area contributed by atoms with Gasteiger partial charge in [-0.1, -0.05) is 30.3 Å². The molecule has 0 aliphatic rings. The number of carbonyl (C=O) groups is 2. The second-order valence-electron chi connectivity index (χ2n) is 10.1. The zero-order valence-corrected chi connectivity index (χ0v) is 23.7. The predicted molar refractivity (Wildman–Crippen MR) is 157 cm³/mol. The van der Waals surface area contributed by atoms with E-state index in [9.17, 15) is 27.2 Å². The largest absolute Gasteiger partial charge is 0.497 e. The summed E-state index contributed by atoms with van der Waals surface area (Å²) in [6.45, 7) is 1.81. The van der Waals surface area contributed by atoms with Crippen molar-refractivity contribution in [2.45, 2.75) is 25.6 Å². The van der Waals surface area contributed by atoms with E-state index in [1.165, 1.54) is 0 Å². The number of alkyl halides is 3. The SMILES string of the molecule is COc1ccc(-c2ccc3c(-c4ccc(F)cc4C(F)(F)F)nn([C@@H](C)c4ccc(C(=O)NCCC(=O)O)cc4)c3c2)cc1. The first-order valence-electron chi connectivity index (χ1n) is 13.6. The molecule has 0 bridgehead atoms. The quantitative estimate of drug-likeness (QED) is 0.171. The lowest BCUT2D eigenvalue weighted by Crippen LogP contribution is -2.26. The zero-order chi connectivity index (χ0) is 31.6. The Morgan fingerprint density at radius 1 is 0.955 bits per heavy atom. The molecule has 0 spiro atoms. The van der Waals surface area contributed by atoms with Crippen LogP contribution in [0, 0.1) is 5.82 Å². The number of methoxy groups -OCH3 is 1. The maximum Gasteiger partial charge on any atom is 0.417 e. The van der Waals surface area contributed by atoms with Gasteiger partial charge in [0, 0.05) is 23.1 Å². The fraction of sp³-hybridized carbons (Fsp3) is 0.182. The van der Waals surface area contributed by atoms with E-state index < -0.39 is 35.5 Å². The minimum absolute atomic E-state index is 0.0196. The van der Waals surface area contributed by atoms with E-state index in [4.69, 9.17) is 9.84 Å². The van der Waals surface area contributed by atoms with Gasteiger partial charge >= 0.3 is 12.1 Å². The van der Waals surface area contributed by atoms with Gasteiger partial charge in [-0.3, -0.25) is 14.3 Å². The van der Waals surface area contributed by atoms with Crippen molar-refractivity contribution >= 4 is 22.8 Å². The number of nitrogens with zero attached hydrogens (tertiary/aromatic N) is 2. The van der Waals surface area contributed by atoms with Crippen LogP contribution in [0.3, 0.4) is 0 Å². The molecule has 7 nitrogen and oxygen atoms in total. The summed E-state index contributed by atoms with van der Waals surface area (Å²) >= 11 is 0. The first-order chi connectivity index (χ1) is 21.0. The third-order valence-electron chi connectivity index (χ3n) is 7.32. The molecular weight excluding hydrogens is 578 g/mol. The van der Waals surface area contributed by atoms with Crippen molar-refractivity contribution in [1.29, 1.82) is 0 Å². The lowest BCUT2D eigenvalue weighted by molar-refractivity contribution is -0.138. The Kier molecular flexibility index (Phi) is 8.39. The van der Waals surface area contributed by atoms with E-state index in [2.05, 4.69) is 10.4 Å². The molecule has 0 aliphatic heterocycles. The number of ether oxygens (including phenoxy) is 1. The molecular formula is C33H27F4N3O4. The number of hydrogen-bond acceptors (Lipinski definition) is 4. The van der Waals surface area contributed by atoms with E-state index in [1.54, 1.807) is 60.3 Å². The van der Waals surface area contributed by atoms with Gasteiger partial charge in [0.15, 0.2) is 0 Å². The molecule has 5 aromatic rings. The Morgan fingerprint density at radius 2 is 1.64 bits per heavy atom. The lowest BCUT2D eigenvalue weighted by atomic mass is 9.98. The van der Waals surface area contributed by atoms with E-state index in [0.29, 0.717) is 33.8 Å². The molecule has 1 amide bonds. The van der Waals surface area contributed by atoms with Gasteiger partial charge in [0.25, 0.3) is 5.91 Å². The highest BCUT2D eigenvalue weighted by Gasteiger charge is 2.35. The Hall–Kier alpha value is -5.19. The first kappa shape index (κ1) is 30.3. The van der Waals surface area contributed by atoms with Crippen LogP contribution in [0.2, 0.25) is 0 Å². The minimum atomic E-state index is -4.82. The third-order valence-corrected chi connectivity index (χ3v) is 7.32. The molecule has 1 heterocycles. The summed E-state index contributed by atoms with van der Waals surface area (Å²) in [6, 6.07) is 21.3. The Balaban J connectivity index is 1.60. The van der Waals surface area contributed by atoms with Crippen LogP contribution in [0.15, 0.2) is 84.9 Å². The van der Waals surface area contributed by atoms with Gasteiger partial charge in [-0.2, -0.15) is 18.3 Å². The topological polar surface area (TPSA) is 93.5 Å². The Morgan fingerprint density at radius 3 is 2.27 bits per heavy atom. The molecule has 1 atom stereocenters. The fourth-order valence-corrected chi connectivity index (χ4v) is 4.99. The van der Waals surface area contributed by atoms with Gasteiger partial charge in [-0.25, -0.2) is 4.39 Å². The number of nitrogens with one attached hydrogen (secondary N) is 1. The van der Waals surface area contributed by atoms with Crippen molar-refractivity contribution in [2.24, 2.45) is 0 Å². The fourth-order valence-electron chi connectivity index (χ4n) is 4.99. The van der Waals surface area contributed by atoms with E-state index in [1.807, 2.05) is 25.1 Å². The number of amides is 1. The third kappa shape index (κ3) is 6.26. The molecule has 0 radical (unpaired) electrons. The molecule has 4 aromatic carbocycles. The molecule has 0 aliphatic carbocycles. The van der Waals surface area contributed by atoms with Gasteiger partial charge in [-0.05, 0) is 78.2 Å². The summed E-state index contributed by atoms with van der Waals surface area (Å²) < 4.78 is 62.9. The highest BCUT2D eigenvalue weighted by molar-refractivity contribution is 5.97. The molecule has 2 N–H and O–H groups in total. The number of carbonyl (C=O) groups excluding carboxylic acids is 1. The number of rotatable bonds is 9. The van der Waals surface area contributed by atoms with Crippen molar-refractivity contribution in [1.82, 2.24) is 15.1 Å². The highest BCUT2D eigenvalue weighted by atomic mass is 19.4. The summed E-state index contributed by atoms with van der Waals surface area (Å²) in [7, 11) is 1.56. The van der Waals surface area contributed by atoms with Crippen LogP contribution < -0.4 is 10.1 Å². The maximum absolute atomic E-state index is 14.0. The number of hydrogen-bond donors (Lipinski definition) is 2. The van der Waals surface area contributed by atoms with Crippen LogP contribution in [0.4, 0.5) is 17.6 Å². The maximum atomic E-state index is 14.0. The smallest absolute Gasteiger partial charge is 0.417 e. The molecule has 0 saturated carbocycles. The molecule has 1 aromatic heterocycles. The second-order valence-corrected chi connectivity index (χ2v) is 10.1. The number of carboxylic acid groups (broad SMARTS) is 1. The van der Waals surface area contributed by atoms with Crippen molar-refractivity contribution in [3.05, 3.63) is 107 Å². The Bertz CT molecular complexity index is 1830. The molecule has 0 fully saturated rings. The standard InChI is InChI=1S/C33H27F4N3O4/c1-19(20-3-5-22(6-4-20)32(43)38-16-15-30(41)42)40-29-17-23(21-7-11-25(44-2)12-8-21)9-13-27(29)31(39-40)26-14-10-24(34)18-28(26)33(35,36)37/h3-14,17-19H,15-16H2,1-2H3,(H,38,43)(H,41,42)/t19-/m0/s1. The van der Waals surface area contributed by atoms with E-state index in [0.717, 1.165) is 23.3 Å². The normalized spacial score (nSPS) is 12.2. The van der Waals surface area contributed by atoms with Crippen LogP contribution in [0.1, 0.15) is 40.9 Å². The van der Waals surface area contributed by atoms with Crippen LogP contribution in [0.5, 0.6) is 5.75 Å². The highest BCUT2D eigenvalue weighted by Crippen LogP contribution is 2.41.